The number of fused-ring (bicyclic) bond motifs is 1. The van der Waals surface area contributed by atoms with Crippen LogP contribution in [-0.2, 0) is 0 Å². The smallest absolute Gasteiger partial charge is 0.0108 e. The van der Waals surface area contributed by atoms with Gasteiger partial charge in [0.1, 0.15) is 0 Å². The van der Waals surface area contributed by atoms with E-state index in [-0.39, 0.29) is 0 Å². The zero-order valence-corrected chi connectivity index (χ0v) is 5.86. The van der Waals surface area contributed by atoms with E-state index in [9.17, 15) is 0 Å². The van der Waals surface area contributed by atoms with E-state index in [4.69, 9.17) is 0 Å². The molecule has 3 aliphatic rings. The summed E-state index contributed by atoms with van der Waals surface area (Å²) >= 11 is 4.54. The average Bonchev–Trinajstić information content (AvgIpc) is 2.47. The monoisotopic (exact) mass is 126 g/mol. The molecule has 0 amide bonds. The van der Waals surface area contributed by atoms with Crippen LogP contribution in [0.2, 0.25) is 0 Å². The maximum Gasteiger partial charge on any atom is 0.0108 e. The predicted molar refractivity (Wildman–Crippen MR) is 36.0 cm³/mol. The van der Waals surface area contributed by atoms with Crippen LogP contribution in [0.3, 0.4) is 0 Å². The second-order valence-corrected chi connectivity index (χ2v) is 4.31. The quantitative estimate of drug-likeness (QED) is 0.468. The molecule has 1 spiro atoms. The van der Waals surface area contributed by atoms with Crippen LogP contribution in [0, 0.1) is 23.2 Å². The molecule has 0 radical (unpaired) electrons. The summed E-state index contributed by atoms with van der Waals surface area (Å²) in [6, 6.07) is 0. The Labute approximate surface area is 55.1 Å². The lowest BCUT2D eigenvalue weighted by Gasteiger charge is -2.37. The molecular weight excluding hydrogens is 116 g/mol. The second-order valence-electron chi connectivity index (χ2n) is 3.75. The van der Waals surface area contributed by atoms with Crippen molar-refractivity contribution >= 4 is 12.6 Å². The molecule has 0 N–H and O–H groups in total. The van der Waals surface area contributed by atoms with Gasteiger partial charge in [-0.2, -0.15) is 12.6 Å². The number of rotatable bonds is 0. The first kappa shape index (κ1) is 4.21. The van der Waals surface area contributed by atoms with E-state index in [2.05, 4.69) is 19.6 Å². The normalized spacial score (nSPS) is 81.8. The second kappa shape index (κ2) is 0.792. The Kier molecular flexibility index (Phi) is 0.417. The van der Waals surface area contributed by atoms with Crippen molar-refractivity contribution in [3.8, 4) is 0 Å². The van der Waals surface area contributed by atoms with Crippen molar-refractivity contribution in [3.05, 3.63) is 0 Å². The molecule has 1 heteroatoms. The van der Waals surface area contributed by atoms with E-state index < -0.39 is 0 Å². The first-order chi connectivity index (χ1) is 3.78. The molecule has 3 fully saturated rings. The molecular formula is C7H10S. The third-order valence-electron chi connectivity index (χ3n) is 3.66. The largest absolute Gasteiger partial charge is 0.175 e. The van der Waals surface area contributed by atoms with E-state index in [0.717, 1.165) is 28.4 Å². The van der Waals surface area contributed by atoms with Gasteiger partial charge in [0.2, 0.25) is 0 Å². The molecule has 0 aromatic heterocycles. The minimum atomic E-state index is 0.789. The fraction of sp³-hybridized carbons (Fsp3) is 1.00. The minimum absolute atomic E-state index is 0.789. The van der Waals surface area contributed by atoms with Crippen molar-refractivity contribution in [1.29, 1.82) is 0 Å². The Morgan fingerprint density at radius 2 is 2.38 bits per heavy atom. The Bertz CT molecular complexity index is 166. The molecule has 0 aliphatic heterocycles. The van der Waals surface area contributed by atoms with Crippen LogP contribution in [0.25, 0.3) is 0 Å². The van der Waals surface area contributed by atoms with Gasteiger partial charge in [0.25, 0.3) is 0 Å². The van der Waals surface area contributed by atoms with E-state index in [1.165, 1.54) is 6.42 Å². The third kappa shape index (κ3) is 0.185. The van der Waals surface area contributed by atoms with Crippen LogP contribution in [0.15, 0.2) is 0 Å². The van der Waals surface area contributed by atoms with Gasteiger partial charge in [0.15, 0.2) is 0 Å². The Morgan fingerprint density at radius 1 is 1.62 bits per heavy atom. The fourth-order valence-corrected chi connectivity index (χ4v) is 3.61. The Morgan fingerprint density at radius 3 is 2.50 bits per heavy atom. The van der Waals surface area contributed by atoms with Crippen molar-refractivity contribution in [2.75, 3.05) is 0 Å². The van der Waals surface area contributed by atoms with Gasteiger partial charge < -0.3 is 0 Å². The van der Waals surface area contributed by atoms with E-state index >= 15 is 0 Å². The van der Waals surface area contributed by atoms with Crippen LogP contribution in [0.5, 0.6) is 0 Å². The summed E-state index contributed by atoms with van der Waals surface area (Å²) < 4.78 is 0. The van der Waals surface area contributed by atoms with Crippen LogP contribution in [0.1, 0.15) is 13.3 Å². The van der Waals surface area contributed by atoms with Crippen molar-refractivity contribution in [1.82, 2.24) is 0 Å². The number of hydrogen-bond donors (Lipinski definition) is 1. The highest BCUT2D eigenvalue weighted by atomic mass is 32.1. The maximum atomic E-state index is 4.54. The number of thiol groups is 1. The van der Waals surface area contributed by atoms with E-state index in [0.29, 0.717) is 0 Å². The van der Waals surface area contributed by atoms with Crippen molar-refractivity contribution in [2.45, 2.75) is 18.6 Å². The van der Waals surface area contributed by atoms with Gasteiger partial charge in [-0.15, -0.1) is 0 Å². The summed E-state index contributed by atoms with van der Waals surface area (Å²) in [5, 5.41) is 0.789. The minimum Gasteiger partial charge on any atom is -0.175 e. The van der Waals surface area contributed by atoms with Gasteiger partial charge in [-0.25, -0.2) is 0 Å². The summed E-state index contributed by atoms with van der Waals surface area (Å²) in [4.78, 5) is 0. The summed E-state index contributed by atoms with van der Waals surface area (Å²) in [5.74, 6) is 3.25. The van der Waals surface area contributed by atoms with Crippen LogP contribution < -0.4 is 0 Å². The molecule has 0 nitrogen and oxygen atoms in total. The molecule has 8 heavy (non-hydrogen) atoms. The Balaban J connectivity index is 1.99. The van der Waals surface area contributed by atoms with Crippen molar-refractivity contribution < 1.29 is 0 Å². The first-order valence-electron chi connectivity index (χ1n) is 3.46. The molecule has 0 heterocycles. The summed E-state index contributed by atoms with van der Waals surface area (Å²) in [6.45, 7) is 2.35. The molecule has 5 unspecified atom stereocenters. The first-order valence-corrected chi connectivity index (χ1v) is 3.98. The topological polar surface area (TPSA) is 0 Å². The standard InChI is InChI=1S/C7H10S/c1-3-5-4-2-7(4,5)6(3)8/h3-6,8H,2H2,1H3. The highest BCUT2D eigenvalue weighted by molar-refractivity contribution is 7.81. The van der Waals surface area contributed by atoms with E-state index in [1.807, 2.05) is 0 Å². The molecule has 0 bridgehead atoms. The van der Waals surface area contributed by atoms with Gasteiger partial charge >= 0.3 is 0 Å². The van der Waals surface area contributed by atoms with E-state index in [1.54, 1.807) is 0 Å². The molecule has 0 saturated heterocycles. The maximum absolute atomic E-state index is 4.54. The highest BCUT2D eigenvalue weighted by Gasteiger charge is 2.89. The van der Waals surface area contributed by atoms with Crippen molar-refractivity contribution in [3.63, 3.8) is 0 Å². The van der Waals surface area contributed by atoms with Gasteiger partial charge in [-0.3, -0.25) is 0 Å². The van der Waals surface area contributed by atoms with Gasteiger partial charge in [0.05, 0.1) is 0 Å². The highest BCUT2D eigenvalue weighted by Crippen LogP contribution is 2.92. The van der Waals surface area contributed by atoms with Gasteiger partial charge in [-0.05, 0) is 29.6 Å². The molecule has 44 valence electrons. The molecule has 3 rings (SSSR count). The third-order valence-corrected chi connectivity index (χ3v) is 4.61. The van der Waals surface area contributed by atoms with Crippen LogP contribution in [0.4, 0.5) is 0 Å². The SMILES string of the molecule is CC1C(S)C23CC2C13. The summed E-state index contributed by atoms with van der Waals surface area (Å²) in [6.07, 6.45) is 1.52. The molecule has 0 aromatic carbocycles. The van der Waals surface area contributed by atoms with Crippen molar-refractivity contribution in [2.24, 2.45) is 23.2 Å². The lowest BCUT2D eigenvalue weighted by Crippen LogP contribution is -2.36. The lowest BCUT2D eigenvalue weighted by atomic mass is 9.75. The zero-order chi connectivity index (χ0) is 5.52. The molecule has 3 saturated carbocycles. The van der Waals surface area contributed by atoms with Gasteiger partial charge in [-0.1, -0.05) is 6.92 Å². The molecule has 0 aromatic rings. The summed E-state index contributed by atoms with van der Waals surface area (Å²) in [7, 11) is 0. The fourth-order valence-electron chi connectivity index (χ4n) is 2.96. The molecule has 3 aliphatic carbocycles. The predicted octanol–water partition coefficient (Wildman–Crippen LogP) is 1.57. The lowest BCUT2D eigenvalue weighted by molar-refractivity contribution is 0.213. The average molecular weight is 126 g/mol. The molecule has 5 atom stereocenters. The van der Waals surface area contributed by atoms with Gasteiger partial charge in [0, 0.05) is 5.25 Å². The zero-order valence-electron chi connectivity index (χ0n) is 4.96. The summed E-state index contributed by atoms with van der Waals surface area (Å²) in [5.41, 5.74) is 0.850. The van der Waals surface area contributed by atoms with Crippen LogP contribution in [-0.4, -0.2) is 5.25 Å². The van der Waals surface area contributed by atoms with Crippen LogP contribution >= 0.6 is 12.6 Å². The Hall–Kier alpha value is 0.350. The number of hydrogen-bond acceptors (Lipinski definition) is 1.